The quantitative estimate of drug-likeness (QED) is 0.501. The van der Waals surface area contributed by atoms with Gasteiger partial charge in [-0.1, -0.05) is 67.0 Å². The molecule has 1 amide bonds. The third kappa shape index (κ3) is 5.48. The van der Waals surface area contributed by atoms with E-state index in [4.69, 9.17) is 9.51 Å². The minimum absolute atomic E-state index is 0.0783. The van der Waals surface area contributed by atoms with Gasteiger partial charge in [0, 0.05) is 18.2 Å². The van der Waals surface area contributed by atoms with E-state index in [1.807, 2.05) is 25.1 Å². The molecule has 2 aromatic heterocycles. The zero-order valence-electron chi connectivity index (χ0n) is 16.5. The van der Waals surface area contributed by atoms with Gasteiger partial charge in [-0.2, -0.15) is 0 Å². The number of nitrogens with zero attached hydrogens (tertiary/aromatic N) is 2. The molecule has 0 bridgehead atoms. The van der Waals surface area contributed by atoms with Crippen LogP contribution in [0, 0.1) is 13.8 Å². The zero-order chi connectivity index (χ0) is 19.9. The molecule has 0 aliphatic rings. The first-order chi connectivity index (χ1) is 13.5. The van der Waals surface area contributed by atoms with E-state index in [-0.39, 0.29) is 11.2 Å². The van der Waals surface area contributed by atoms with Crippen LogP contribution in [0.5, 0.6) is 0 Å². The molecule has 0 radical (unpaired) electrons. The number of imidazole rings is 1. The fourth-order valence-corrected chi connectivity index (χ4v) is 3.98. The SMILES string of the molecule is CCCCC(Sc1nc(Cc2ccccc2)c(C)[nH]1)C(=O)Nc1cc(C)on1. The van der Waals surface area contributed by atoms with Crippen LogP contribution in [0.15, 0.2) is 46.1 Å². The highest BCUT2D eigenvalue weighted by Gasteiger charge is 2.22. The summed E-state index contributed by atoms with van der Waals surface area (Å²) in [4.78, 5) is 20.8. The lowest BCUT2D eigenvalue weighted by Crippen LogP contribution is -2.25. The number of benzene rings is 1. The molecule has 28 heavy (non-hydrogen) atoms. The Kier molecular flexibility index (Phi) is 6.92. The molecule has 0 saturated heterocycles. The Labute approximate surface area is 169 Å². The van der Waals surface area contributed by atoms with Crippen molar-refractivity contribution in [1.82, 2.24) is 15.1 Å². The second-order valence-electron chi connectivity index (χ2n) is 6.84. The molecule has 2 heterocycles. The van der Waals surface area contributed by atoms with Gasteiger partial charge in [-0.3, -0.25) is 4.79 Å². The second kappa shape index (κ2) is 9.59. The lowest BCUT2D eigenvalue weighted by Gasteiger charge is -2.13. The maximum atomic E-state index is 12.8. The number of carbonyl (C=O) groups excluding carboxylic acids is 1. The van der Waals surface area contributed by atoms with E-state index in [2.05, 4.69) is 34.5 Å². The number of nitrogens with one attached hydrogen (secondary N) is 2. The van der Waals surface area contributed by atoms with Gasteiger partial charge in [0.15, 0.2) is 11.0 Å². The van der Waals surface area contributed by atoms with Crippen LogP contribution in [0.4, 0.5) is 5.82 Å². The molecule has 0 aliphatic heterocycles. The standard InChI is InChI=1S/C21H26N4O2S/c1-4-5-11-18(20(26)24-19-12-14(2)27-25-19)28-21-22-15(3)17(23-21)13-16-9-7-6-8-10-16/h6-10,12,18H,4-5,11,13H2,1-3H3,(H,22,23)(H,24,25,26). The highest BCUT2D eigenvalue weighted by atomic mass is 32.2. The third-order valence-corrected chi connectivity index (χ3v) is 5.57. The lowest BCUT2D eigenvalue weighted by molar-refractivity contribution is -0.115. The Hall–Kier alpha value is -2.54. The van der Waals surface area contributed by atoms with Gasteiger partial charge in [0.1, 0.15) is 5.76 Å². The second-order valence-corrected chi connectivity index (χ2v) is 8.03. The van der Waals surface area contributed by atoms with Crippen molar-refractivity contribution < 1.29 is 9.32 Å². The average Bonchev–Trinajstić information content (AvgIpc) is 3.24. The van der Waals surface area contributed by atoms with Gasteiger partial charge in [0.2, 0.25) is 5.91 Å². The van der Waals surface area contributed by atoms with Crippen molar-refractivity contribution in [2.75, 3.05) is 5.32 Å². The van der Waals surface area contributed by atoms with Crippen molar-refractivity contribution in [2.45, 2.75) is 56.9 Å². The average molecular weight is 399 g/mol. The molecule has 0 fully saturated rings. The third-order valence-electron chi connectivity index (χ3n) is 4.42. The number of aromatic nitrogens is 3. The zero-order valence-corrected chi connectivity index (χ0v) is 17.3. The fourth-order valence-electron chi connectivity index (χ4n) is 2.88. The molecule has 3 aromatic rings. The number of H-pyrrole nitrogens is 1. The van der Waals surface area contributed by atoms with Crippen LogP contribution >= 0.6 is 11.8 Å². The van der Waals surface area contributed by atoms with E-state index in [0.717, 1.165) is 42.2 Å². The van der Waals surface area contributed by atoms with Crippen LogP contribution in [-0.4, -0.2) is 26.3 Å². The first kappa shape index (κ1) is 20.2. The summed E-state index contributed by atoms with van der Waals surface area (Å²) >= 11 is 1.47. The van der Waals surface area contributed by atoms with Gasteiger partial charge in [0.25, 0.3) is 0 Å². The molecule has 6 nitrogen and oxygen atoms in total. The van der Waals surface area contributed by atoms with Crippen LogP contribution in [-0.2, 0) is 11.2 Å². The minimum atomic E-state index is -0.243. The summed E-state index contributed by atoms with van der Waals surface area (Å²) in [6, 6.07) is 12.0. The maximum absolute atomic E-state index is 12.8. The number of hydrogen-bond acceptors (Lipinski definition) is 5. The predicted octanol–water partition coefficient (Wildman–Crippen LogP) is 4.89. The van der Waals surface area contributed by atoms with Crippen molar-refractivity contribution >= 4 is 23.5 Å². The number of thioether (sulfide) groups is 1. The number of unbranched alkanes of at least 4 members (excludes halogenated alkanes) is 1. The Bertz CT molecular complexity index is 904. The van der Waals surface area contributed by atoms with E-state index >= 15 is 0 Å². The lowest BCUT2D eigenvalue weighted by atomic mass is 10.1. The molecule has 0 saturated carbocycles. The Morgan fingerprint density at radius 2 is 2.07 bits per heavy atom. The van der Waals surface area contributed by atoms with E-state index in [1.54, 1.807) is 13.0 Å². The van der Waals surface area contributed by atoms with Gasteiger partial charge in [-0.05, 0) is 25.8 Å². The van der Waals surface area contributed by atoms with E-state index in [9.17, 15) is 4.79 Å². The van der Waals surface area contributed by atoms with Crippen LogP contribution < -0.4 is 5.32 Å². The van der Waals surface area contributed by atoms with Gasteiger partial charge < -0.3 is 14.8 Å². The molecule has 2 N–H and O–H groups in total. The first-order valence-electron chi connectivity index (χ1n) is 9.55. The summed E-state index contributed by atoms with van der Waals surface area (Å²) in [5, 5.41) is 7.23. The highest BCUT2D eigenvalue weighted by Crippen LogP contribution is 2.27. The van der Waals surface area contributed by atoms with Crippen LogP contribution in [0.2, 0.25) is 0 Å². The van der Waals surface area contributed by atoms with Crippen LogP contribution in [0.25, 0.3) is 0 Å². The highest BCUT2D eigenvalue weighted by molar-refractivity contribution is 8.00. The van der Waals surface area contributed by atoms with Crippen molar-refractivity contribution in [2.24, 2.45) is 0 Å². The van der Waals surface area contributed by atoms with Crippen molar-refractivity contribution in [3.8, 4) is 0 Å². The molecule has 1 atom stereocenters. The van der Waals surface area contributed by atoms with Crippen LogP contribution in [0.3, 0.4) is 0 Å². The van der Waals surface area contributed by atoms with Gasteiger partial charge in [0.05, 0.1) is 10.9 Å². The smallest absolute Gasteiger partial charge is 0.239 e. The number of rotatable bonds is 9. The summed E-state index contributed by atoms with van der Waals surface area (Å²) in [5.74, 6) is 1.04. The van der Waals surface area contributed by atoms with E-state index < -0.39 is 0 Å². The van der Waals surface area contributed by atoms with Gasteiger partial charge >= 0.3 is 0 Å². The molecule has 7 heteroatoms. The van der Waals surface area contributed by atoms with Gasteiger partial charge in [-0.25, -0.2) is 4.98 Å². The molecule has 1 aromatic carbocycles. The largest absolute Gasteiger partial charge is 0.360 e. The number of aromatic amines is 1. The summed E-state index contributed by atoms with van der Waals surface area (Å²) in [7, 11) is 0. The fraction of sp³-hybridized carbons (Fsp3) is 0.381. The maximum Gasteiger partial charge on any atom is 0.239 e. The molecule has 3 rings (SSSR count). The van der Waals surface area contributed by atoms with E-state index in [0.29, 0.717) is 11.6 Å². The van der Waals surface area contributed by atoms with Crippen LogP contribution in [0.1, 0.15) is 48.9 Å². The number of aryl methyl sites for hydroxylation is 2. The first-order valence-corrected chi connectivity index (χ1v) is 10.4. The Balaban J connectivity index is 1.69. The topological polar surface area (TPSA) is 83.8 Å². The molecule has 1 unspecified atom stereocenters. The van der Waals surface area contributed by atoms with Crippen molar-refractivity contribution in [3.05, 3.63) is 59.1 Å². The van der Waals surface area contributed by atoms with Gasteiger partial charge in [-0.15, -0.1) is 0 Å². The number of amides is 1. The summed E-state index contributed by atoms with van der Waals surface area (Å²) in [6.45, 7) is 5.94. The molecule has 0 aliphatic carbocycles. The number of anilines is 1. The number of carbonyl (C=O) groups is 1. The molecule has 148 valence electrons. The molecular weight excluding hydrogens is 372 g/mol. The molecule has 0 spiro atoms. The minimum Gasteiger partial charge on any atom is -0.360 e. The van der Waals surface area contributed by atoms with E-state index in [1.165, 1.54) is 17.3 Å². The summed E-state index contributed by atoms with van der Waals surface area (Å²) < 4.78 is 5.03. The molecular formula is C21H26N4O2S. The predicted molar refractivity (Wildman–Crippen MR) is 112 cm³/mol. The van der Waals surface area contributed by atoms with Crippen molar-refractivity contribution in [3.63, 3.8) is 0 Å². The summed E-state index contributed by atoms with van der Waals surface area (Å²) in [6.07, 6.45) is 3.55. The Morgan fingerprint density at radius 3 is 2.75 bits per heavy atom. The van der Waals surface area contributed by atoms with Crippen molar-refractivity contribution in [1.29, 1.82) is 0 Å². The monoisotopic (exact) mass is 398 g/mol. The normalized spacial score (nSPS) is 12.1. The summed E-state index contributed by atoms with van der Waals surface area (Å²) in [5.41, 5.74) is 3.26. The Morgan fingerprint density at radius 1 is 1.29 bits per heavy atom. The number of hydrogen-bond donors (Lipinski definition) is 2.